The number of amides is 3. The molecule has 1 atom stereocenters. The van der Waals surface area contributed by atoms with Crippen LogP contribution in [0.25, 0.3) is 10.8 Å². The van der Waals surface area contributed by atoms with Gasteiger partial charge in [-0.25, -0.2) is 0 Å². The first-order chi connectivity index (χ1) is 13.1. The Morgan fingerprint density at radius 1 is 1.07 bits per heavy atom. The van der Waals surface area contributed by atoms with Crippen LogP contribution in [0, 0.1) is 5.92 Å². The maximum atomic E-state index is 12.5. The molecule has 1 aliphatic rings. The molecule has 3 amide bonds. The Morgan fingerprint density at radius 3 is 2.67 bits per heavy atom. The Bertz CT molecular complexity index is 844. The van der Waals surface area contributed by atoms with Crippen molar-refractivity contribution in [1.82, 2.24) is 10.6 Å². The lowest BCUT2D eigenvalue weighted by atomic mass is 10.1. The highest BCUT2D eigenvalue weighted by molar-refractivity contribution is 6.07. The molecule has 2 aromatic rings. The number of nitrogens with one attached hydrogen (secondary N) is 2. The molecule has 6 nitrogen and oxygen atoms in total. The summed E-state index contributed by atoms with van der Waals surface area (Å²) in [6.07, 6.45) is 1.32. The minimum absolute atomic E-state index is 0.0489. The van der Waals surface area contributed by atoms with Gasteiger partial charge in [0.25, 0.3) is 0 Å². The van der Waals surface area contributed by atoms with Crippen molar-refractivity contribution < 1.29 is 14.4 Å². The number of nitrogens with zero attached hydrogens (tertiary/aromatic N) is 1. The average Bonchev–Trinajstić information content (AvgIpc) is 3.07. The zero-order chi connectivity index (χ0) is 19.2. The van der Waals surface area contributed by atoms with Crippen molar-refractivity contribution in [2.75, 3.05) is 24.5 Å². The Kier molecular flexibility index (Phi) is 6.06. The van der Waals surface area contributed by atoms with Gasteiger partial charge in [-0.15, -0.1) is 0 Å². The highest BCUT2D eigenvalue weighted by Gasteiger charge is 2.35. The first-order valence-electron chi connectivity index (χ1n) is 9.42. The lowest BCUT2D eigenvalue weighted by Crippen LogP contribution is -2.35. The third kappa shape index (κ3) is 4.45. The van der Waals surface area contributed by atoms with Crippen LogP contribution >= 0.6 is 0 Å². The molecule has 142 valence electrons. The monoisotopic (exact) mass is 367 g/mol. The molecule has 0 aliphatic carbocycles. The SMILES string of the molecule is CCCNC(=O)CCNC(=O)C1CC(=O)N(c2cccc3ccccc23)C1. The summed E-state index contributed by atoms with van der Waals surface area (Å²) in [7, 11) is 0. The zero-order valence-electron chi connectivity index (χ0n) is 15.5. The fourth-order valence-corrected chi connectivity index (χ4v) is 3.36. The molecular formula is C21H25N3O3. The maximum Gasteiger partial charge on any atom is 0.227 e. The molecule has 1 fully saturated rings. The van der Waals surface area contributed by atoms with Crippen LogP contribution in [0.15, 0.2) is 42.5 Å². The second kappa shape index (κ2) is 8.66. The van der Waals surface area contributed by atoms with Crippen LogP contribution in [0.4, 0.5) is 5.69 Å². The minimum Gasteiger partial charge on any atom is -0.356 e. The van der Waals surface area contributed by atoms with E-state index in [9.17, 15) is 14.4 Å². The highest BCUT2D eigenvalue weighted by atomic mass is 16.2. The third-order valence-corrected chi connectivity index (χ3v) is 4.78. The second-order valence-electron chi connectivity index (χ2n) is 6.79. The average molecular weight is 367 g/mol. The van der Waals surface area contributed by atoms with Gasteiger partial charge in [0.2, 0.25) is 17.7 Å². The summed E-state index contributed by atoms with van der Waals surface area (Å²) in [5.74, 6) is -0.686. The number of carbonyl (C=O) groups is 3. The fourth-order valence-electron chi connectivity index (χ4n) is 3.36. The van der Waals surface area contributed by atoms with Crippen LogP contribution < -0.4 is 15.5 Å². The molecule has 6 heteroatoms. The van der Waals surface area contributed by atoms with E-state index in [1.165, 1.54) is 0 Å². The second-order valence-corrected chi connectivity index (χ2v) is 6.79. The van der Waals surface area contributed by atoms with Crippen LogP contribution in [0.3, 0.4) is 0 Å². The van der Waals surface area contributed by atoms with E-state index >= 15 is 0 Å². The third-order valence-electron chi connectivity index (χ3n) is 4.78. The first-order valence-corrected chi connectivity index (χ1v) is 9.42. The first kappa shape index (κ1) is 18.9. The van der Waals surface area contributed by atoms with E-state index in [4.69, 9.17) is 0 Å². The molecule has 2 N–H and O–H groups in total. The quantitative estimate of drug-likeness (QED) is 0.788. The van der Waals surface area contributed by atoms with Gasteiger partial charge >= 0.3 is 0 Å². The largest absolute Gasteiger partial charge is 0.356 e. The molecule has 0 spiro atoms. The summed E-state index contributed by atoms with van der Waals surface area (Å²) >= 11 is 0. The van der Waals surface area contributed by atoms with E-state index < -0.39 is 5.92 Å². The lowest BCUT2D eigenvalue weighted by molar-refractivity contribution is -0.126. The van der Waals surface area contributed by atoms with Crippen molar-refractivity contribution in [3.05, 3.63) is 42.5 Å². The van der Waals surface area contributed by atoms with Gasteiger partial charge in [-0.1, -0.05) is 43.3 Å². The van der Waals surface area contributed by atoms with Crippen molar-refractivity contribution in [2.24, 2.45) is 5.92 Å². The number of carbonyl (C=O) groups excluding carboxylic acids is 3. The molecule has 1 aliphatic heterocycles. The van der Waals surface area contributed by atoms with Gasteiger partial charge in [-0.3, -0.25) is 14.4 Å². The van der Waals surface area contributed by atoms with Crippen LogP contribution in [-0.2, 0) is 14.4 Å². The Labute approximate surface area is 158 Å². The van der Waals surface area contributed by atoms with Crippen molar-refractivity contribution >= 4 is 34.2 Å². The standard InChI is InChI=1S/C21H25N3O3/c1-2-11-22-19(25)10-12-23-21(27)16-13-20(26)24(14-16)18-9-5-7-15-6-3-4-8-17(15)18/h3-9,16H,2,10-14H2,1H3,(H,22,25)(H,23,27). The van der Waals surface area contributed by atoms with Crippen LogP contribution in [0.5, 0.6) is 0 Å². The van der Waals surface area contributed by atoms with Gasteiger partial charge in [0.1, 0.15) is 0 Å². The van der Waals surface area contributed by atoms with Gasteiger partial charge in [0.05, 0.1) is 11.6 Å². The number of hydrogen-bond acceptors (Lipinski definition) is 3. The van der Waals surface area contributed by atoms with Crippen LogP contribution in [-0.4, -0.2) is 37.4 Å². The molecule has 1 unspecified atom stereocenters. The molecule has 0 radical (unpaired) electrons. The number of benzene rings is 2. The van der Waals surface area contributed by atoms with Gasteiger partial charge in [-0.2, -0.15) is 0 Å². The summed E-state index contributed by atoms with van der Waals surface area (Å²) in [6.45, 7) is 3.28. The molecule has 1 heterocycles. The molecule has 2 aromatic carbocycles. The highest BCUT2D eigenvalue weighted by Crippen LogP contribution is 2.31. The molecular weight excluding hydrogens is 342 g/mol. The van der Waals surface area contributed by atoms with Crippen LogP contribution in [0.1, 0.15) is 26.2 Å². The molecule has 0 saturated carbocycles. The molecule has 0 aromatic heterocycles. The Balaban J connectivity index is 1.60. The summed E-state index contributed by atoms with van der Waals surface area (Å²) in [6, 6.07) is 13.7. The van der Waals surface area contributed by atoms with Crippen molar-refractivity contribution in [2.45, 2.75) is 26.2 Å². The van der Waals surface area contributed by atoms with Crippen molar-refractivity contribution in [3.8, 4) is 0 Å². The summed E-state index contributed by atoms with van der Waals surface area (Å²) in [5, 5.41) is 7.62. The van der Waals surface area contributed by atoms with Gasteiger partial charge in [0.15, 0.2) is 0 Å². The topological polar surface area (TPSA) is 78.5 Å². The van der Waals surface area contributed by atoms with E-state index in [0.717, 1.165) is 22.9 Å². The predicted octanol–water partition coefficient (Wildman–Crippen LogP) is 2.23. The smallest absolute Gasteiger partial charge is 0.227 e. The van der Waals surface area contributed by atoms with E-state index in [1.807, 2.05) is 49.4 Å². The molecule has 27 heavy (non-hydrogen) atoms. The number of fused-ring (bicyclic) bond motifs is 1. The molecule has 1 saturated heterocycles. The van der Waals surface area contributed by atoms with Crippen molar-refractivity contribution in [1.29, 1.82) is 0 Å². The van der Waals surface area contributed by atoms with Gasteiger partial charge in [-0.05, 0) is 17.9 Å². The number of hydrogen-bond donors (Lipinski definition) is 2. The van der Waals surface area contributed by atoms with E-state index in [0.29, 0.717) is 13.1 Å². The maximum absolute atomic E-state index is 12.5. The normalized spacial score (nSPS) is 16.6. The fraction of sp³-hybridized carbons (Fsp3) is 0.381. The summed E-state index contributed by atoms with van der Waals surface area (Å²) < 4.78 is 0. The van der Waals surface area contributed by atoms with E-state index in [2.05, 4.69) is 10.6 Å². The number of anilines is 1. The van der Waals surface area contributed by atoms with Crippen LogP contribution in [0.2, 0.25) is 0 Å². The zero-order valence-corrected chi connectivity index (χ0v) is 15.5. The summed E-state index contributed by atoms with van der Waals surface area (Å²) in [4.78, 5) is 38.2. The minimum atomic E-state index is -0.393. The molecule has 0 bridgehead atoms. The van der Waals surface area contributed by atoms with E-state index in [1.54, 1.807) is 4.90 Å². The predicted molar refractivity (Wildman–Crippen MR) is 105 cm³/mol. The Hall–Kier alpha value is -2.89. The lowest BCUT2D eigenvalue weighted by Gasteiger charge is -2.19. The van der Waals surface area contributed by atoms with Gasteiger partial charge < -0.3 is 15.5 Å². The molecule has 3 rings (SSSR count). The van der Waals surface area contributed by atoms with E-state index in [-0.39, 0.29) is 37.1 Å². The Morgan fingerprint density at radius 2 is 1.85 bits per heavy atom. The number of rotatable bonds is 7. The summed E-state index contributed by atoms with van der Waals surface area (Å²) in [5.41, 5.74) is 0.840. The van der Waals surface area contributed by atoms with Gasteiger partial charge in [0, 0.05) is 37.9 Å². The van der Waals surface area contributed by atoms with Crippen molar-refractivity contribution in [3.63, 3.8) is 0 Å².